The summed E-state index contributed by atoms with van der Waals surface area (Å²) in [5.74, 6) is -0.589. The second kappa shape index (κ2) is 6.18. The number of nitriles is 2. The SMILES string of the molecule is N#Cc1cc(C(C#N)Nc2ccccc2Br)ccc1F. The molecule has 0 aliphatic rings. The van der Waals surface area contributed by atoms with Crippen molar-refractivity contribution in [2.75, 3.05) is 5.32 Å². The van der Waals surface area contributed by atoms with E-state index in [1.165, 1.54) is 18.2 Å². The Morgan fingerprint density at radius 3 is 2.55 bits per heavy atom. The van der Waals surface area contributed by atoms with Crippen LogP contribution in [0, 0.1) is 28.5 Å². The minimum atomic E-state index is -0.665. The van der Waals surface area contributed by atoms with E-state index in [2.05, 4.69) is 27.3 Å². The first kappa shape index (κ1) is 14.0. The van der Waals surface area contributed by atoms with E-state index in [1.807, 2.05) is 24.3 Å². The number of hydrogen-bond acceptors (Lipinski definition) is 3. The van der Waals surface area contributed by atoms with Crippen LogP contribution in [-0.4, -0.2) is 0 Å². The molecule has 5 heteroatoms. The Morgan fingerprint density at radius 2 is 1.90 bits per heavy atom. The summed E-state index contributed by atoms with van der Waals surface area (Å²) in [6.45, 7) is 0. The van der Waals surface area contributed by atoms with Crippen LogP contribution in [-0.2, 0) is 0 Å². The molecular weight excluding hydrogens is 321 g/mol. The zero-order valence-corrected chi connectivity index (χ0v) is 11.9. The van der Waals surface area contributed by atoms with E-state index in [4.69, 9.17) is 5.26 Å². The predicted octanol–water partition coefficient (Wildman–Crippen LogP) is 4.14. The highest BCUT2D eigenvalue weighted by Crippen LogP contribution is 2.26. The molecule has 0 aromatic heterocycles. The Balaban J connectivity index is 2.33. The normalized spacial score (nSPS) is 11.2. The van der Waals surface area contributed by atoms with Crippen molar-refractivity contribution in [1.82, 2.24) is 0 Å². The molecule has 1 N–H and O–H groups in total. The molecule has 3 nitrogen and oxygen atoms in total. The van der Waals surface area contributed by atoms with Crippen molar-refractivity contribution in [3.05, 3.63) is 63.9 Å². The maximum atomic E-state index is 13.3. The van der Waals surface area contributed by atoms with Gasteiger partial charge in [0, 0.05) is 10.2 Å². The van der Waals surface area contributed by atoms with Gasteiger partial charge in [-0.2, -0.15) is 10.5 Å². The summed E-state index contributed by atoms with van der Waals surface area (Å²) in [4.78, 5) is 0. The van der Waals surface area contributed by atoms with Crippen molar-refractivity contribution in [3.63, 3.8) is 0 Å². The number of benzene rings is 2. The third kappa shape index (κ3) is 2.96. The average Bonchev–Trinajstić information content (AvgIpc) is 2.47. The summed E-state index contributed by atoms with van der Waals surface area (Å²) < 4.78 is 14.1. The fourth-order valence-electron chi connectivity index (χ4n) is 1.73. The lowest BCUT2D eigenvalue weighted by molar-refractivity contribution is 0.623. The Bertz CT molecular complexity index is 716. The molecule has 2 aromatic carbocycles. The molecule has 0 fully saturated rings. The Hall–Kier alpha value is -2.37. The summed E-state index contributed by atoms with van der Waals surface area (Å²) in [6, 6.07) is 14.6. The molecule has 0 radical (unpaired) electrons. The Kier molecular flexibility index (Phi) is 4.34. The van der Waals surface area contributed by atoms with Gasteiger partial charge in [-0.1, -0.05) is 18.2 Å². The third-order valence-electron chi connectivity index (χ3n) is 2.75. The fourth-order valence-corrected chi connectivity index (χ4v) is 2.13. The van der Waals surface area contributed by atoms with Crippen LogP contribution in [0.2, 0.25) is 0 Å². The lowest BCUT2D eigenvalue weighted by Crippen LogP contribution is -2.09. The van der Waals surface area contributed by atoms with Gasteiger partial charge in [0.25, 0.3) is 0 Å². The van der Waals surface area contributed by atoms with Gasteiger partial charge in [0.1, 0.15) is 17.9 Å². The lowest BCUT2D eigenvalue weighted by atomic mass is 10.0. The summed E-state index contributed by atoms with van der Waals surface area (Å²) in [6.07, 6.45) is 0. The smallest absolute Gasteiger partial charge is 0.140 e. The van der Waals surface area contributed by atoms with Crippen molar-refractivity contribution >= 4 is 21.6 Å². The van der Waals surface area contributed by atoms with Crippen LogP contribution in [0.15, 0.2) is 46.9 Å². The Labute approximate surface area is 124 Å². The van der Waals surface area contributed by atoms with Gasteiger partial charge >= 0.3 is 0 Å². The highest BCUT2D eigenvalue weighted by molar-refractivity contribution is 9.10. The molecular formula is C15H9BrFN3. The van der Waals surface area contributed by atoms with E-state index in [0.717, 1.165) is 10.2 Å². The standard InChI is InChI=1S/C15H9BrFN3/c16-12-3-1-2-4-14(12)20-15(9-19)10-5-6-13(17)11(7-10)8-18/h1-7,15,20H. The van der Waals surface area contributed by atoms with Crippen LogP contribution in [0.25, 0.3) is 0 Å². The molecule has 1 atom stereocenters. The van der Waals surface area contributed by atoms with Crippen LogP contribution in [0.5, 0.6) is 0 Å². The molecule has 98 valence electrons. The molecule has 2 aromatic rings. The van der Waals surface area contributed by atoms with Crippen molar-refractivity contribution < 1.29 is 4.39 Å². The molecule has 0 heterocycles. The van der Waals surface area contributed by atoms with Crippen LogP contribution in [0.4, 0.5) is 10.1 Å². The van der Waals surface area contributed by atoms with E-state index in [9.17, 15) is 9.65 Å². The first-order chi connectivity index (χ1) is 9.65. The van der Waals surface area contributed by atoms with Crippen LogP contribution >= 0.6 is 15.9 Å². The molecule has 20 heavy (non-hydrogen) atoms. The maximum Gasteiger partial charge on any atom is 0.140 e. The molecule has 0 aliphatic heterocycles. The van der Waals surface area contributed by atoms with Crippen LogP contribution in [0.3, 0.4) is 0 Å². The molecule has 1 unspecified atom stereocenters. The molecule has 0 spiro atoms. The average molecular weight is 330 g/mol. The number of anilines is 1. The summed E-state index contributed by atoms with van der Waals surface area (Å²) in [7, 11) is 0. The summed E-state index contributed by atoms with van der Waals surface area (Å²) >= 11 is 3.38. The highest BCUT2D eigenvalue weighted by atomic mass is 79.9. The van der Waals surface area contributed by atoms with E-state index in [-0.39, 0.29) is 5.56 Å². The number of nitrogens with one attached hydrogen (secondary N) is 1. The van der Waals surface area contributed by atoms with Gasteiger partial charge in [0.2, 0.25) is 0 Å². The van der Waals surface area contributed by atoms with Crippen molar-refractivity contribution in [3.8, 4) is 12.1 Å². The number of rotatable bonds is 3. The van der Waals surface area contributed by atoms with Crippen LogP contribution < -0.4 is 5.32 Å². The van der Waals surface area contributed by atoms with Gasteiger partial charge in [0.15, 0.2) is 0 Å². The fraction of sp³-hybridized carbons (Fsp3) is 0.0667. The molecule has 0 saturated carbocycles. The minimum absolute atomic E-state index is 0.0725. The van der Waals surface area contributed by atoms with Crippen molar-refractivity contribution in [2.24, 2.45) is 0 Å². The summed E-state index contributed by atoms with van der Waals surface area (Å²) in [5.41, 5.74) is 1.22. The largest absolute Gasteiger partial charge is 0.365 e. The van der Waals surface area contributed by atoms with Gasteiger partial charge in [0.05, 0.1) is 11.6 Å². The van der Waals surface area contributed by atoms with Gasteiger partial charge in [-0.3, -0.25) is 0 Å². The van der Waals surface area contributed by atoms with Gasteiger partial charge in [-0.15, -0.1) is 0 Å². The van der Waals surface area contributed by atoms with Gasteiger partial charge in [-0.05, 0) is 45.8 Å². The van der Waals surface area contributed by atoms with Crippen LogP contribution in [0.1, 0.15) is 17.2 Å². The topological polar surface area (TPSA) is 59.6 Å². The first-order valence-electron chi connectivity index (χ1n) is 5.76. The molecule has 0 bridgehead atoms. The number of nitrogens with zero attached hydrogens (tertiary/aromatic N) is 2. The second-order valence-corrected chi connectivity index (χ2v) is 4.89. The van der Waals surface area contributed by atoms with Gasteiger partial charge < -0.3 is 5.32 Å². The second-order valence-electron chi connectivity index (χ2n) is 4.04. The van der Waals surface area contributed by atoms with Crippen molar-refractivity contribution in [2.45, 2.75) is 6.04 Å². The minimum Gasteiger partial charge on any atom is -0.365 e. The number of hydrogen-bond donors (Lipinski definition) is 1. The highest BCUT2D eigenvalue weighted by Gasteiger charge is 2.14. The molecule has 0 aliphatic carbocycles. The first-order valence-corrected chi connectivity index (χ1v) is 6.55. The monoisotopic (exact) mass is 329 g/mol. The molecule has 2 rings (SSSR count). The number of halogens is 2. The molecule has 0 amide bonds. The van der Waals surface area contributed by atoms with E-state index >= 15 is 0 Å². The lowest BCUT2D eigenvalue weighted by Gasteiger charge is -2.15. The Morgan fingerprint density at radius 1 is 1.15 bits per heavy atom. The van der Waals surface area contributed by atoms with Gasteiger partial charge in [-0.25, -0.2) is 4.39 Å². The van der Waals surface area contributed by atoms with E-state index in [0.29, 0.717) is 5.56 Å². The quantitative estimate of drug-likeness (QED) is 0.920. The van der Waals surface area contributed by atoms with Crippen molar-refractivity contribution in [1.29, 1.82) is 10.5 Å². The predicted molar refractivity (Wildman–Crippen MR) is 77.2 cm³/mol. The van der Waals surface area contributed by atoms with E-state index < -0.39 is 11.9 Å². The van der Waals surface area contributed by atoms with E-state index in [1.54, 1.807) is 6.07 Å². The summed E-state index contributed by atoms with van der Waals surface area (Å²) in [5, 5.41) is 21.1. The number of para-hydroxylation sites is 1. The molecule has 0 saturated heterocycles. The zero-order valence-electron chi connectivity index (χ0n) is 10.3. The maximum absolute atomic E-state index is 13.3. The zero-order chi connectivity index (χ0) is 14.5. The third-order valence-corrected chi connectivity index (χ3v) is 3.44.